The Bertz CT molecular complexity index is 968. The number of rotatable bonds is 4. The Morgan fingerprint density at radius 1 is 1.04 bits per heavy atom. The van der Waals surface area contributed by atoms with Gasteiger partial charge in [-0.3, -0.25) is 9.36 Å². The molecule has 2 heterocycles. The smallest absolute Gasteiger partial charge is 0.408 e. The molecule has 0 unspecified atom stereocenters. The third-order valence-corrected chi connectivity index (χ3v) is 4.40. The van der Waals surface area contributed by atoms with E-state index in [-0.39, 0.29) is 12.5 Å². The van der Waals surface area contributed by atoms with Crippen molar-refractivity contribution >= 4 is 28.4 Å². The topological polar surface area (TPSA) is 76.7 Å². The van der Waals surface area contributed by atoms with Crippen LogP contribution in [-0.4, -0.2) is 36.8 Å². The minimum absolute atomic E-state index is 0.0962. The first-order chi connectivity index (χ1) is 12.7. The molecule has 26 heavy (non-hydrogen) atoms. The van der Waals surface area contributed by atoms with Crippen LogP contribution in [0.1, 0.15) is 0 Å². The Balaban J connectivity index is 1.44. The highest BCUT2D eigenvalue weighted by atomic mass is 16.5. The van der Waals surface area contributed by atoms with Gasteiger partial charge in [0.2, 0.25) is 5.91 Å². The molecule has 0 radical (unpaired) electrons. The van der Waals surface area contributed by atoms with E-state index in [0.29, 0.717) is 16.8 Å². The number of fused-ring (bicyclic) bond motifs is 1. The zero-order chi connectivity index (χ0) is 17.9. The van der Waals surface area contributed by atoms with Crippen molar-refractivity contribution in [3.63, 3.8) is 0 Å². The molecule has 4 rings (SSSR count). The predicted molar refractivity (Wildman–Crippen MR) is 98.6 cm³/mol. The van der Waals surface area contributed by atoms with Crippen LogP contribution in [0.25, 0.3) is 11.1 Å². The molecule has 1 aliphatic heterocycles. The summed E-state index contributed by atoms with van der Waals surface area (Å²) in [6.07, 6.45) is 0. The zero-order valence-corrected chi connectivity index (χ0v) is 14.2. The number of nitrogens with one attached hydrogen (secondary N) is 1. The van der Waals surface area contributed by atoms with Gasteiger partial charge in [0.1, 0.15) is 6.54 Å². The van der Waals surface area contributed by atoms with Crippen LogP contribution < -0.4 is 16.0 Å². The lowest BCUT2D eigenvalue weighted by molar-refractivity contribution is -0.116. The molecular weight excluding hydrogens is 334 g/mol. The van der Waals surface area contributed by atoms with E-state index >= 15 is 0 Å². The van der Waals surface area contributed by atoms with Crippen molar-refractivity contribution < 1.29 is 13.9 Å². The summed E-state index contributed by atoms with van der Waals surface area (Å²) in [5.74, 6) is -0.818. The Labute approximate surface area is 149 Å². The van der Waals surface area contributed by atoms with Gasteiger partial charge < -0.3 is 19.4 Å². The number of carbonyl (C=O) groups is 1. The maximum atomic E-state index is 12.3. The van der Waals surface area contributed by atoms with Crippen LogP contribution in [0.4, 0.5) is 11.4 Å². The summed E-state index contributed by atoms with van der Waals surface area (Å²) in [4.78, 5) is 26.5. The lowest BCUT2D eigenvalue weighted by atomic mass is 10.2. The number of hydrogen-bond donors (Lipinski definition) is 1. The van der Waals surface area contributed by atoms with Gasteiger partial charge in [0.05, 0.1) is 18.7 Å². The third kappa shape index (κ3) is 3.34. The molecule has 0 atom stereocenters. The van der Waals surface area contributed by atoms with Crippen molar-refractivity contribution in [2.45, 2.75) is 6.54 Å². The van der Waals surface area contributed by atoms with Crippen molar-refractivity contribution in [1.29, 1.82) is 0 Å². The van der Waals surface area contributed by atoms with E-state index in [2.05, 4.69) is 10.2 Å². The minimum Gasteiger partial charge on any atom is -0.408 e. The van der Waals surface area contributed by atoms with E-state index in [9.17, 15) is 9.59 Å². The number of aromatic nitrogens is 1. The average Bonchev–Trinajstić information content (AvgIpc) is 2.98. The van der Waals surface area contributed by atoms with Gasteiger partial charge in [-0.15, -0.1) is 0 Å². The van der Waals surface area contributed by atoms with Crippen LogP contribution in [0.3, 0.4) is 0 Å². The highest BCUT2D eigenvalue weighted by Gasteiger charge is 2.13. The fourth-order valence-electron chi connectivity index (χ4n) is 3.08. The maximum Gasteiger partial charge on any atom is 0.420 e. The van der Waals surface area contributed by atoms with E-state index < -0.39 is 5.76 Å². The quantitative estimate of drug-likeness (QED) is 0.777. The molecule has 1 N–H and O–H groups in total. The average molecular weight is 353 g/mol. The molecule has 3 aromatic rings. The van der Waals surface area contributed by atoms with Crippen molar-refractivity contribution in [3.8, 4) is 0 Å². The molecule has 0 spiro atoms. The highest BCUT2D eigenvalue weighted by Crippen LogP contribution is 2.19. The summed E-state index contributed by atoms with van der Waals surface area (Å²) in [7, 11) is 0. The summed E-state index contributed by atoms with van der Waals surface area (Å²) < 4.78 is 11.8. The summed E-state index contributed by atoms with van der Waals surface area (Å²) in [5, 5.41) is 2.82. The van der Waals surface area contributed by atoms with E-state index in [1.165, 1.54) is 4.57 Å². The van der Waals surface area contributed by atoms with Crippen LogP contribution in [0.15, 0.2) is 57.7 Å². The first-order valence-electron chi connectivity index (χ1n) is 8.52. The molecule has 0 saturated carbocycles. The molecule has 1 aliphatic rings. The van der Waals surface area contributed by atoms with Crippen LogP contribution in [0.2, 0.25) is 0 Å². The van der Waals surface area contributed by atoms with Gasteiger partial charge >= 0.3 is 5.76 Å². The molecule has 1 fully saturated rings. The van der Waals surface area contributed by atoms with E-state index in [0.717, 1.165) is 32.0 Å². The number of anilines is 2. The number of oxazole rings is 1. The number of benzene rings is 2. The lowest BCUT2D eigenvalue weighted by Gasteiger charge is -2.28. The molecule has 1 amide bonds. The molecule has 0 bridgehead atoms. The molecule has 1 saturated heterocycles. The summed E-state index contributed by atoms with van der Waals surface area (Å²) in [5.41, 5.74) is 2.87. The number of amides is 1. The van der Waals surface area contributed by atoms with Crippen LogP contribution >= 0.6 is 0 Å². The van der Waals surface area contributed by atoms with Gasteiger partial charge in [0.25, 0.3) is 0 Å². The first kappa shape index (κ1) is 16.4. The zero-order valence-electron chi connectivity index (χ0n) is 14.2. The molecule has 7 heteroatoms. The molecule has 2 aromatic carbocycles. The standard InChI is InChI=1S/C19H19N3O4/c23-18(13-22-16-3-1-2-4-17(16)26-19(22)24)20-14-5-7-15(8-6-14)21-9-11-25-12-10-21/h1-8H,9-13H2,(H,20,23). The number of morpholine rings is 1. The van der Waals surface area contributed by atoms with Gasteiger partial charge in [0, 0.05) is 24.5 Å². The summed E-state index contributed by atoms with van der Waals surface area (Å²) in [6, 6.07) is 14.7. The van der Waals surface area contributed by atoms with Crippen molar-refractivity contribution in [2.75, 3.05) is 36.5 Å². The Kier molecular flexibility index (Phi) is 4.45. The predicted octanol–water partition coefficient (Wildman–Crippen LogP) is 2.07. The normalized spacial score (nSPS) is 14.5. The minimum atomic E-state index is -0.538. The second-order valence-corrected chi connectivity index (χ2v) is 6.12. The summed E-state index contributed by atoms with van der Waals surface area (Å²) in [6.45, 7) is 3.09. The SMILES string of the molecule is O=C(Cn1c(=O)oc2ccccc21)Nc1ccc(N2CCOCC2)cc1. The number of hydrogen-bond acceptors (Lipinski definition) is 5. The lowest BCUT2D eigenvalue weighted by Crippen LogP contribution is -2.36. The van der Waals surface area contributed by atoms with Crippen LogP contribution in [0, 0.1) is 0 Å². The van der Waals surface area contributed by atoms with Crippen molar-refractivity contribution in [1.82, 2.24) is 4.57 Å². The second-order valence-electron chi connectivity index (χ2n) is 6.12. The largest absolute Gasteiger partial charge is 0.420 e. The van der Waals surface area contributed by atoms with Crippen molar-refractivity contribution in [2.24, 2.45) is 0 Å². The molecular formula is C19H19N3O4. The maximum absolute atomic E-state index is 12.3. The Morgan fingerprint density at radius 3 is 2.54 bits per heavy atom. The van der Waals surface area contributed by atoms with Gasteiger partial charge in [0.15, 0.2) is 5.58 Å². The highest BCUT2D eigenvalue weighted by molar-refractivity contribution is 5.91. The van der Waals surface area contributed by atoms with Gasteiger partial charge in [-0.05, 0) is 36.4 Å². The third-order valence-electron chi connectivity index (χ3n) is 4.40. The molecule has 0 aliphatic carbocycles. The van der Waals surface area contributed by atoms with E-state index in [1.807, 2.05) is 24.3 Å². The number of carbonyl (C=O) groups excluding carboxylic acids is 1. The fraction of sp³-hybridized carbons (Fsp3) is 0.263. The van der Waals surface area contributed by atoms with Crippen LogP contribution in [0.5, 0.6) is 0 Å². The van der Waals surface area contributed by atoms with Gasteiger partial charge in [-0.2, -0.15) is 0 Å². The summed E-state index contributed by atoms with van der Waals surface area (Å²) >= 11 is 0. The number of para-hydroxylation sites is 2. The van der Waals surface area contributed by atoms with Crippen molar-refractivity contribution in [3.05, 3.63) is 59.1 Å². The fourth-order valence-corrected chi connectivity index (χ4v) is 3.08. The Hall–Kier alpha value is -3.06. The molecule has 7 nitrogen and oxygen atoms in total. The first-order valence-corrected chi connectivity index (χ1v) is 8.52. The number of nitrogens with zero attached hydrogens (tertiary/aromatic N) is 2. The Morgan fingerprint density at radius 2 is 1.77 bits per heavy atom. The van der Waals surface area contributed by atoms with E-state index in [1.54, 1.807) is 24.3 Å². The van der Waals surface area contributed by atoms with E-state index in [4.69, 9.17) is 9.15 Å². The monoisotopic (exact) mass is 353 g/mol. The van der Waals surface area contributed by atoms with Gasteiger partial charge in [-0.25, -0.2) is 4.79 Å². The molecule has 1 aromatic heterocycles. The number of ether oxygens (including phenoxy) is 1. The second kappa shape index (κ2) is 7.05. The van der Waals surface area contributed by atoms with Crippen LogP contribution in [-0.2, 0) is 16.1 Å². The van der Waals surface area contributed by atoms with Gasteiger partial charge in [-0.1, -0.05) is 12.1 Å². The molecule has 134 valence electrons.